The second kappa shape index (κ2) is 5.24. The summed E-state index contributed by atoms with van der Waals surface area (Å²) in [5.74, 6) is 0.865. The highest BCUT2D eigenvalue weighted by molar-refractivity contribution is 5.56. The van der Waals surface area contributed by atoms with E-state index in [2.05, 4.69) is 5.43 Å². The van der Waals surface area contributed by atoms with Crippen molar-refractivity contribution in [3.8, 4) is 5.75 Å². The largest absolute Gasteiger partial charge is 0.497 e. The van der Waals surface area contributed by atoms with E-state index >= 15 is 0 Å². The summed E-state index contributed by atoms with van der Waals surface area (Å²) in [6.45, 7) is 0. The lowest BCUT2D eigenvalue weighted by Gasteiger charge is -2.13. The highest BCUT2D eigenvalue weighted by Crippen LogP contribution is 2.16. The Balaban J connectivity index is 2.65. The van der Waals surface area contributed by atoms with E-state index in [-0.39, 0.29) is 0 Å². The van der Waals surface area contributed by atoms with Gasteiger partial charge in [0.05, 0.1) is 26.9 Å². The number of rotatable bonds is 4. The van der Waals surface area contributed by atoms with Crippen molar-refractivity contribution in [3.63, 3.8) is 0 Å². The van der Waals surface area contributed by atoms with Gasteiger partial charge in [-0.25, -0.2) is 5.01 Å². The molecule has 0 aliphatic rings. The standard InChI is InChI=1S/C11H17N3O/c1-13(2)9-12-14(3)10-5-7-11(15-4)8-6-10/h5-9H,1-4H3/p+1. The highest BCUT2D eigenvalue weighted by atomic mass is 16.5. The lowest BCUT2D eigenvalue weighted by atomic mass is 10.3. The molecule has 0 saturated carbocycles. The van der Waals surface area contributed by atoms with Crippen LogP contribution in [0.3, 0.4) is 0 Å². The molecule has 1 N–H and O–H groups in total. The summed E-state index contributed by atoms with van der Waals surface area (Å²) in [4.78, 5) is 0. The molecule has 0 unspecified atom stereocenters. The van der Waals surface area contributed by atoms with E-state index in [0.29, 0.717) is 0 Å². The molecule has 82 valence electrons. The van der Waals surface area contributed by atoms with E-state index in [1.165, 1.54) is 0 Å². The third kappa shape index (κ3) is 3.50. The number of anilines is 1. The van der Waals surface area contributed by atoms with Crippen molar-refractivity contribution in [1.82, 2.24) is 5.43 Å². The molecule has 0 aliphatic carbocycles. The minimum atomic E-state index is 0.865. The molecule has 0 heterocycles. The minimum Gasteiger partial charge on any atom is -0.497 e. The zero-order valence-corrected chi connectivity index (χ0v) is 9.69. The molecule has 0 saturated heterocycles. The summed E-state index contributed by atoms with van der Waals surface area (Å²) >= 11 is 0. The lowest BCUT2D eigenvalue weighted by molar-refractivity contribution is -0.461. The van der Waals surface area contributed by atoms with Crippen LogP contribution in [0.5, 0.6) is 5.75 Å². The average molecular weight is 208 g/mol. The SMILES string of the molecule is COc1ccc(N(C)NC=[N+](C)C)cc1. The van der Waals surface area contributed by atoms with E-state index < -0.39 is 0 Å². The van der Waals surface area contributed by atoms with Crippen molar-refractivity contribution in [2.75, 3.05) is 33.3 Å². The summed E-state index contributed by atoms with van der Waals surface area (Å²) in [7, 11) is 7.56. The molecule has 15 heavy (non-hydrogen) atoms. The molecule has 1 rings (SSSR count). The Morgan fingerprint density at radius 2 is 1.87 bits per heavy atom. The molecule has 0 bridgehead atoms. The normalized spacial score (nSPS) is 9.33. The zero-order chi connectivity index (χ0) is 11.3. The highest BCUT2D eigenvalue weighted by Gasteiger charge is 2.01. The number of benzene rings is 1. The number of nitrogens with zero attached hydrogens (tertiary/aromatic N) is 2. The smallest absolute Gasteiger partial charge is 0.255 e. The monoisotopic (exact) mass is 208 g/mol. The van der Waals surface area contributed by atoms with Crippen LogP contribution in [0.1, 0.15) is 0 Å². The van der Waals surface area contributed by atoms with Crippen LogP contribution in [0.2, 0.25) is 0 Å². The fourth-order valence-electron chi connectivity index (χ4n) is 1.08. The summed E-state index contributed by atoms with van der Waals surface area (Å²) in [6, 6.07) is 7.86. The van der Waals surface area contributed by atoms with Crippen molar-refractivity contribution in [3.05, 3.63) is 24.3 Å². The van der Waals surface area contributed by atoms with Crippen LogP contribution in [-0.2, 0) is 0 Å². The van der Waals surface area contributed by atoms with Gasteiger partial charge in [0, 0.05) is 7.05 Å². The van der Waals surface area contributed by atoms with Crippen LogP contribution in [-0.4, -0.2) is 39.2 Å². The van der Waals surface area contributed by atoms with Crippen LogP contribution in [0.15, 0.2) is 24.3 Å². The Bertz CT molecular complexity index is 328. The van der Waals surface area contributed by atoms with E-state index in [1.54, 1.807) is 7.11 Å². The molecule has 4 nitrogen and oxygen atoms in total. The fraction of sp³-hybridized carbons (Fsp3) is 0.364. The Hall–Kier alpha value is -1.71. The van der Waals surface area contributed by atoms with Gasteiger partial charge in [0.1, 0.15) is 5.75 Å². The minimum absolute atomic E-state index is 0.865. The number of hydrazine groups is 1. The Kier molecular flexibility index (Phi) is 3.97. The molecular weight excluding hydrogens is 190 g/mol. The first kappa shape index (κ1) is 11.4. The maximum Gasteiger partial charge on any atom is 0.255 e. The maximum atomic E-state index is 5.09. The van der Waals surface area contributed by atoms with Gasteiger partial charge in [0.2, 0.25) is 0 Å². The second-order valence-electron chi connectivity index (χ2n) is 3.48. The molecule has 0 aliphatic heterocycles. The molecule has 0 fully saturated rings. The molecule has 1 aromatic carbocycles. The van der Waals surface area contributed by atoms with Gasteiger partial charge in [0.15, 0.2) is 0 Å². The maximum absolute atomic E-state index is 5.09. The van der Waals surface area contributed by atoms with Gasteiger partial charge >= 0.3 is 0 Å². The van der Waals surface area contributed by atoms with Crippen LogP contribution in [0, 0.1) is 0 Å². The number of hydrogen-bond donors (Lipinski definition) is 1. The second-order valence-corrected chi connectivity index (χ2v) is 3.48. The zero-order valence-electron chi connectivity index (χ0n) is 9.69. The number of methoxy groups -OCH3 is 1. The topological polar surface area (TPSA) is 27.5 Å². The first-order chi connectivity index (χ1) is 7.13. The van der Waals surface area contributed by atoms with Gasteiger partial charge in [-0.15, -0.1) is 0 Å². The molecule has 4 heteroatoms. The Labute approximate surface area is 90.8 Å². The van der Waals surface area contributed by atoms with Crippen molar-refractivity contribution in [2.24, 2.45) is 0 Å². The predicted octanol–water partition coefficient (Wildman–Crippen LogP) is 0.936. The van der Waals surface area contributed by atoms with Crippen molar-refractivity contribution in [1.29, 1.82) is 0 Å². The fourth-order valence-corrected chi connectivity index (χ4v) is 1.08. The third-order valence-corrected chi connectivity index (χ3v) is 1.97. The summed E-state index contributed by atoms with van der Waals surface area (Å²) in [5, 5.41) is 1.93. The first-order valence-electron chi connectivity index (χ1n) is 4.77. The summed E-state index contributed by atoms with van der Waals surface area (Å²) < 4.78 is 7.04. The molecule has 0 radical (unpaired) electrons. The predicted molar refractivity (Wildman–Crippen MR) is 62.7 cm³/mol. The van der Waals surface area contributed by atoms with Gasteiger partial charge < -0.3 is 4.74 Å². The van der Waals surface area contributed by atoms with Gasteiger partial charge in [-0.2, -0.15) is 5.43 Å². The van der Waals surface area contributed by atoms with E-state index in [0.717, 1.165) is 11.4 Å². The third-order valence-electron chi connectivity index (χ3n) is 1.97. The molecule has 1 aromatic rings. The van der Waals surface area contributed by atoms with Crippen LogP contribution >= 0.6 is 0 Å². The number of hydrogen-bond acceptors (Lipinski definition) is 2. The van der Waals surface area contributed by atoms with E-state index in [9.17, 15) is 0 Å². The van der Waals surface area contributed by atoms with Crippen LogP contribution < -0.4 is 15.2 Å². The van der Waals surface area contributed by atoms with Gasteiger partial charge in [-0.3, -0.25) is 4.58 Å². The number of nitrogens with one attached hydrogen (secondary N) is 1. The Morgan fingerprint density at radius 3 is 2.33 bits per heavy atom. The van der Waals surface area contributed by atoms with E-state index in [1.807, 2.05) is 61.3 Å². The molecule has 0 spiro atoms. The molecule has 0 aromatic heterocycles. The van der Waals surface area contributed by atoms with Gasteiger partial charge in [-0.1, -0.05) is 0 Å². The van der Waals surface area contributed by atoms with Crippen molar-refractivity contribution in [2.45, 2.75) is 0 Å². The lowest BCUT2D eigenvalue weighted by Crippen LogP contribution is -2.35. The molecule has 0 atom stereocenters. The summed E-state index contributed by atoms with van der Waals surface area (Å²) in [6.07, 6.45) is 1.88. The van der Waals surface area contributed by atoms with Crippen LogP contribution in [0.25, 0.3) is 0 Å². The molecule has 0 amide bonds. The van der Waals surface area contributed by atoms with Crippen molar-refractivity contribution < 1.29 is 9.31 Å². The van der Waals surface area contributed by atoms with Crippen LogP contribution in [0.4, 0.5) is 5.69 Å². The average Bonchev–Trinajstić information content (AvgIpc) is 2.26. The summed E-state index contributed by atoms with van der Waals surface area (Å²) in [5.41, 5.74) is 4.21. The quantitative estimate of drug-likeness (QED) is 0.345. The first-order valence-corrected chi connectivity index (χ1v) is 4.77. The van der Waals surface area contributed by atoms with E-state index in [4.69, 9.17) is 4.74 Å². The van der Waals surface area contributed by atoms with Gasteiger partial charge in [0.25, 0.3) is 6.34 Å². The Morgan fingerprint density at radius 1 is 1.27 bits per heavy atom. The molecular formula is C11H18N3O+. The van der Waals surface area contributed by atoms with Gasteiger partial charge in [-0.05, 0) is 24.3 Å². The van der Waals surface area contributed by atoms with Crippen molar-refractivity contribution >= 4 is 12.0 Å². The number of ether oxygens (including phenoxy) is 1.